The van der Waals surface area contributed by atoms with E-state index in [0.29, 0.717) is 6.54 Å². The van der Waals surface area contributed by atoms with Gasteiger partial charge in [-0.05, 0) is 18.6 Å². The van der Waals surface area contributed by atoms with Gasteiger partial charge in [0.05, 0.1) is 10.7 Å². The van der Waals surface area contributed by atoms with Crippen LogP contribution in [0.15, 0.2) is 18.2 Å². The van der Waals surface area contributed by atoms with Gasteiger partial charge in [0, 0.05) is 6.54 Å². The maximum Gasteiger partial charge on any atom is 0.319 e. The number of carbonyl (C=O) groups is 1. The van der Waals surface area contributed by atoms with Gasteiger partial charge < -0.3 is 10.6 Å². The molecular weight excluding hydrogens is 231 g/mol. The number of hydrogen-bond donors (Lipinski definition) is 2. The Labute approximate surface area is 99.0 Å². The van der Waals surface area contributed by atoms with Crippen LogP contribution >= 0.6 is 11.6 Å². The van der Waals surface area contributed by atoms with Crippen molar-refractivity contribution in [3.63, 3.8) is 0 Å². The number of nitrogens with one attached hydrogen (secondary N) is 2. The van der Waals surface area contributed by atoms with Crippen LogP contribution in [0.25, 0.3) is 0 Å². The van der Waals surface area contributed by atoms with Gasteiger partial charge in [0.25, 0.3) is 0 Å². The molecule has 0 heterocycles. The van der Waals surface area contributed by atoms with E-state index in [1.807, 2.05) is 6.92 Å². The Morgan fingerprint density at radius 1 is 1.50 bits per heavy atom. The van der Waals surface area contributed by atoms with Crippen molar-refractivity contribution in [2.24, 2.45) is 0 Å². The van der Waals surface area contributed by atoms with Gasteiger partial charge in [0.15, 0.2) is 5.82 Å². The molecular formula is C11H14ClFN2O. The van der Waals surface area contributed by atoms with Gasteiger partial charge in [0.2, 0.25) is 0 Å². The minimum Gasteiger partial charge on any atom is -0.338 e. The number of rotatable bonds is 4. The van der Waals surface area contributed by atoms with E-state index in [1.165, 1.54) is 12.1 Å². The van der Waals surface area contributed by atoms with Gasteiger partial charge in [-0.15, -0.1) is 0 Å². The van der Waals surface area contributed by atoms with Gasteiger partial charge in [-0.3, -0.25) is 0 Å². The summed E-state index contributed by atoms with van der Waals surface area (Å²) in [6.45, 7) is 2.60. The van der Waals surface area contributed by atoms with E-state index in [4.69, 9.17) is 11.6 Å². The molecule has 2 N–H and O–H groups in total. The maximum absolute atomic E-state index is 13.4. The fraction of sp³-hybridized carbons (Fsp3) is 0.364. The second-order valence-corrected chi connectivity index (χ2v) is 3.74. The Morgan fingerprint density at radius 3 is 2.94 bits per heavy atom. The summed E-state index contributed by atoms with van der Waals surface area (Å²) in [4.78, 5) is 11.3. The predicted octanol–water partition coefficient (Wildman–Crippen LogP) is 3.40. The molecule has 0 aliphatic heterocycles. The van der Waals surface area contributed by atoms with E-state index in [1.54, 1.807) is 6.07 Å². The molecule has 0 aromatic heterocycles. The second-order valence-electron chi connectivity index (χ2n) is 3.34. The minimum atomic E-state index is -0.616. The van der Waals surface area contributed by atoms with Crippen LogP contribution in [0.5, 0.6) is 0 Å². The molecule has 0 spiro atoms. The summed E-state index contributed by atoms with van der Waals surface area (Å²) in [6, 6.07) is 4.04. The summed E-state index contributed by atoms with van der Waals surface area (Å²) in [7, 11) is 0. The van der Waals surface area contributed by atoms with Crippen molar-refractivity contribution in [2.75, 3.05) is 11.9 Å². The lowest BCUT2D eigenvalue weighted by molar-refractivity contribution is 0.252. The summed E-state index contributed by atoms with van der Waals surface area (Å²) in [6.07, 6.45) is 1.89. The Morgan fingerprint density at radius 2 is 2.25 bits per heavy atom. The van der Waals surface area contributed by atoms with Crippen molar-refractivity contribution in [3.8, 4) is 0 Å². The van der Waals surface area contributed by atoms with Crippen LogP contribution in [-0.4, -0.2) is 12.6 Å². The molecule has 0 unspecified atom stereocenters. The quantitative estimate of drug-likeness (QED) is 0.783. The first kappa shape index (κ1) is 12.8. The first-order valence-corrected chi connectivity index (χ1v) is 5.51. The van der Waals surface area contributed by atoms with Crippen molar-refractivity contribution in [2.45, 2.75) is 19.8 Å². The number of carbonyl (C=O) groups excluding carboxylic acids is 1. The maximum atomic E-state index is 13.4. The van der Waals surface area contributed by atoms with Crippen molar-refractivity contribution in [1.29, 1.82) is 0 Å². The molecule has 5 heteroatoms. The van der Waals surface area contributed by atoms with Gasteiger partial charge in [0.1, 0.15) is 0 Å². The molecule has 0 saturated heterocycles. The summed E-state index contributed by atoms with van der Waals surface area (Å²) in [5.74, 6) is -0.616. The van der Waals surface area contributed by atoms with E-state index < -0.39 is 11.8 Å². The largest absolute Gasteiger partial charge is 0.338 e. The summed E-state index contributed by atoms with van der Waals surface area (Å²) < 4.78 is 13.4. The van der Waals surface area contributed by atoms with E-state index in [-0.39, 0.29) is 10.7 Å². The smallest absolute Gasteiger partial charge is 0.319 e. The third-order valence-corrected chi connectivity index (χ3v) is 2.31. The lowest BCUT2D eigenvalue weighted by Gasteiger charge is -2.08. The third-order valence-electron chi connectivity index (χ3n) is 2.02. The molecule has 0 atom stereocenters. The van der Waals surface area contributed by atoms with Crippen LogP contribution in [-0.2, 0) is 0 Å². The minimum absolute atomic E-state index is 0.00800. The van der Waals surface area contributed by atoms with Gasteiger partial charge >= 0.3 is 6.03 Å². The number of urea groups is 1. The fourth-order valence-electron chi connectivity index (χ4n) is 1.15. The topological polar surface area (TPSA) is 41.1 Å². The van der Waals surface area contributed by atoms with Crippen molar-refractivity contribution in [1.82, 2.24) is 5.32 Å². The molecule has 0 aliphatic rings. The summed E-state index contributed by atoms with van der Waals surface area (Å²) in [5.41, 5.74) is 0.0847. The van der Waals surface area contributed by atoms with Gasteiger partial charge in [-0.2, -0.15) is 0 Å². The van der Waals surface area contributed by atoms with Crippen molar-refractivity contribution >= 4 is 23.3 Å². The molecule has 16 heavy (non-hydrogen) atoms. The molecule has 0 fully saturated rings. The second kappa shape index (κ2) is 6.33. The number of anilines is 1. The summed E-state index contributed by atoms with van der Waals surface area (Å²) >= 11 is 5.58. The lowest BCUT2D eigenvalue weighted by Crippen LogP contribution is -2.29. The van der Waals surface area contributed by atoms with Crippen LogP contribution in [0.4, 0.5) is 14.9 Å². The molecule has 0 aliphatic carbocycles. The van der Waals surface area contributed by atoms with Gasteiger partial charge in [-0.1, -0.05) is 31.0 Å². The molecule has 1 aromatic carbocycles. The van der Waals surface area contributed by atoms with Crippen LogP contribution in [0.2, 0.25) is 5.02 Å². The molecule has 1 aromatic rings. The Kier molecular flexibility index (Phi) is 5.05. The highest BCUT2D eigenvalue weighted by atomic mass is 35.5. The van der Waals surface area contributed by atoms with Crippen LogP contribution in [0.3, 0.4) is 0 Å². The first-order valence-electron chi connectivity index (χ1n) is 5.14. The normalized spacial score (nSPS) is 9.94. The molecule has 0 saturated carbocycles. The zero-order chi connectivity index (χ0) is 12.0. The monoisotopic (exact) mass is 244 g/mol. The number of halogens is 2. The van der Waals surface area contributed by atoms with Crippen LogP contribution in [0, 0.1) is 5.82 Å². The SMILES string of the molecule is CCCCNC(=O)Nc1cccc(Cl)c1F. The zero-order valence-corrected chi connectivity index (χ0v) is 9.77. The van der Waals surface area contributed by atoms with E-state index >= 15 is 0 Å². The average Bonchev–Trinajstić information content (AvgIpc) is 2.25. The van der Waals surface area contributed by atoms with Crippen molar-refractivity contribution < 1.29 is 9.18 Å². The molecule has 1 rings (SSSR count). The highest BCUT2D eigenvalue weighted by Crippen LogP contribution is 2.21. The van der Waals surface area contributed by atoms with Gasteiger partial charge in [-0.25, -0.2) is 9.18 Å². The Balaban J connectivity index is 2.53. The molecule has 2 amide bonds. The molecule has 0 bridgehead atoms. The van der Waals surface area contributed by atoms with E-state index in [2.05, 4.69) is 10.6 Å². The highest BCUT2D eigenvalue weighted by Gasteiger charge is 2.08. The Hall–Kier alpha value is -1.29. The zero-order valence-electron chi connectivity index (χ0n) is 9.02. The lowest BCUT2D eigenvalue weighted by atomic mass is 10.3. The van der Waals surface area contributed by atoms with Crippen molar-refractivity contribution in [3.05, 3.63) is 29.0 Å². The highest BCUT2D eigenvalue weighted by molar-refractivity contribution is 6.31. The molecule has 88 valence electrons. The Bertz CT molecular complexity index is 371. The number of benzene rings is 1. The number of amides is 2. The van der Waals surface area contributed by atoms with E-state index in [9.17, 15) is 9.18 Å². The van der Waals surface area contributed by atoms with Crippen LogP contribution < -0.4 is 10.6 Å². The fourth-order valence-corrected chi connectivity index (χ4v) is 1.32. The number of unbranched alkanes of at least 4 members (excludes halogenated alkanes) is 1. The van der Waals surface area contributed by atoms with E-state index in [0.717, 1.165) is 12.8 Å². The number of hydrogen-bond acceptors (Lipinski definition) is 1. The van der Waals surface area contributed by atoms with Crippen LogP contribution in [0.1, 0.15) is 19.8 Å². The first-order chi connectivity index (χ1) is 7.65. The summed E-state index contributed by atoms with van der Waals surface area (Å²) in [5, 5.41) is 5.01. The molecule has 3 nitrogen and oxygen atoms in total. The standard InChI is InChI=1S/C11H14ClFN2O/c1-2-3-7-14-11(16)15-9-6-4-5-8(12)10(9)13/h4-6H,2-3,7H2,1H3,(H2,14,15,16). The predicted molar refractivity (Wildman–Crippen MR) is 63.3 cm³/mol. The average molecular weight is 245 g/mol. The third kappa shape index (κ3) is 3.70. The molecule has 0 radical (unpaired) electrons.